The van der Waals surface area contributed by atoms with Crippen LogP contribution >= 0.6 is 0 Å². The molecule has 24 heavy (non-hydrogen) atoms. The van der Waals surface area contributed by atoms with Crippen molar-refractivity contribution in [2.24, 2.45) is 4.99 Å². The van der Waals surface area contributed by atoms with Gasteiger partial charge in [0.2, 0.25) is 5.88 Å². The zero-order valence-corrected chi connectivity index (χ0v) is 14.4. The fourth-order valence-electron chi connectivity index (χ4n) is 2.70. The molecule has 0 aliphatic heterocycles. The summed E-state index contributed by atoms with van der Waals surface area (Å²) in [5.41, 5.74) is 0.143. The zero-order valence-electron chi connectivity index (χ0n) is 14.4. The quantitative estimate of drug-likeness (QED) is 0.577. The van der Waals surface area contributed by atoms with Gasteiger partial charge >= 0.3 is 5.69 Å². The molecule has 2 N–H and O–H groups in total. The topological polar surface area (TPSA) is 90.7 Å². The Balaban J connectivity index is 2.16. The van der Waals surface area contributed by atoms with Crippen molar-refractivity contribution in [3.05, 3.63) is 38.1 Å². The highest BCUT2D eigenvalue weighted by molar-refractivity contribution is 5.81. The van der Waals surface area contributed by atoms with Crippen LogP contribution in [-0.4, -0.2) is 53.0 Å². The van der Waals surface area contributed by atoms with Gasteiger partial charge in [-0.25, -0.2) is 4.79 Å². The Bertz CT molecular complexity index is 728. The van der Waals surface area contributed by atoms with E-state index in [-0.39, 0.29) is 11.4 Å². The molecule has 0 atom stereocenters. The van der Waals surface area contributed by atoms with Crippen LogP contribution in [0, 0.1) is 0 Å². The van der Waals surface area contributed by atoms with Gasteiger partial charge in [0.1, 0.15) is 5.56 Å². The first-order chi connectivity index (χ1) is 11.5. The number of aromatic amines is 1. The van der Waals surface area contributed by atoms with E-state index < -0.39 is 11.2 Å². The Morgan fingerprint density at radius 1 is 1.38 bits per heavy atom. The Labute approximate surface area is 141 Å². The van der Waals surface area contributed by atoms with Gasteiger partial charge in [-0.1, -0.05) is 11.6 Å². The van der Waals surface area contributed by atoms with Crippen molar-refractivity contribution >= 4 is 6.21 Å². The molecule has 1 heterocycles. The van der Waals surface area contributed by atoms with Crippen molar-refractivity contribution in [1.29, 1.82) is 0 Å². The highest BCUT2D eigenvalue weighted by Gasteiger charge is 2.13. The van der Waals surface area contributed by atoms with Crippen molar-refractivity contribution < 1.29 is 5.11 Å². The molecule has 0 radical (unpaired) electrons. The minimum absolute atomic E-state index is 0.0333. The number of rotatable bonds is 7. The predicted octanol–water partition coefficient (Wildman–Crippen LogP) is 1.11. The minimum Gasteiger partial charge on any atom is -0.494 e. The van der Waals surface area contributed by atoms with E-state index in [1.165, 1.54) is 29.2 Å². The molecule has 0 aromatic carbocycles. The molecule has 0 fully saturated rings. The second kappa shape index (κ2) is 8.63. The van der Waals surface area contributed by atoms with Gasteiger partial charge in [0, 0.05) is 19.3 Å². The predicted molar refractivity (Wildman–Crippen MR) is 95.2 cm³/mol. The number of H-pyrrole nitrogens is 1. The van der Waals surface area contributed by atoms with Crippen molar-refractivity contribution in [2.75, 3.05) is 27.2 Å². The largest absolute Gasteiger partial charge is 0.494 e. The summed E-state index contributed by atoms with van der Waals surface area (Å²) in [6, 6.07) is 0. The van der Waals surface area contributed by atoms with Crippen LogP contribution < -0.4 is 11.2 Å². The van der Waals surface area contributed by atoms with Gasteiger partial charge in [-0.3, -0.25) is 19.3 Å². The van der Waals surface area contributed by atoms with E-state index in [1.54, 1.807) is 0 Å². The highest BCUT2D eigenvalue weighted by Crippen LogP contribution is 2.21. The molecular weight excluding hydrogens is 308 g/mol. The first-order valence-corrected chi connectivity index (χ1v) is 8.37. The van der Waals surface area contributed by atoms with Crippen LogP contribution in [0.3, 0.4) is 0 Å². The van der Waals surface area contributed by atoms with Crippen molar-refractivity contribution in [3.8, 4) is 5.88 Å². The molecule has 0 bridgehead atoms. The molecule has 7 nitrogen and oxygen atoms in total. The Hall–Kier alpha value is -2.15. The smallest absolute Gasteiger partial charge is 0.331 e. The molecule has 0 spiro atoms. The van der Waals surface area contributed by atoms with Gasteiger partial charge in [-0.2, -0.15) is 0 Å². The van der Waals surface area contributed by atoms with E-state index in [0.29, 0.717) is 19.5 Å². The highest BCUT2D eigenvalue weighted by atomic mass is 16.3. The van der Waals surface area contributed by atoms with Crippen LogP contribution in [-0.2, 0) is 6.54 Å². The number of aromatic nitrogens is 2. The lowest BCUT2D eigenvalue weighted by Crippen LogP contribution is -2.32. The summed E-state index contributed by atoms with van der Waals surface area (Å²) in [6.45, 7) is 1.60. The third kappa shape index (κ3) is 4.92. The van der Waals surface area contributed by atoms with Gasteiger partial charge in [-0.05, 0) is 46.2 Å². The summed E-state index contributed by atoms with van der Waals surface area (Å²) < 4.78 is 1.21. The number of nitrogens with zero attached hydrogens (tertiary/aromatic N) is 3. The summed E-state index contributed by atoms with van der Waals surface area (Å²) in [6.07, 6.45) is 8.75. The molecule has 1 aromatic heterocycles. The Kier molecular flexibility index (Phi) is 6.54. The van der Waals surface area contributed by atoms with Gasteiger partial charge in [-0.15, -0.1) is 0 Å². The summed E-state index contributed by atoms with van der Waals surface area (Å²) in [5.74, 6) is -0.311. The summed E-state index contributed by atoms with van der Waals surface area (Å²) in [7, 11) is 3.86. The summed E-state index contributed by atoms with van der Waals surface area (Å²) in [4.78, 5) is 32.3. The molecule has 1 aliphatic rings. The normalized spacial score (nSPS) is 15.2. The first kappa shape index (κ1) is 18.2. The van der Waals surface area contributed by atoms with Gasteiger partial charge < -0.3 is 10.0 Å². The number of aromatic hydroxyl groups is 1. The Morgan fingerprint density at radius 2 is 2.17 bits per heavy atom. The van der Waals surface area contributed by atoms with Crippen LogP contribution in [0.1, 0.15) is 37.7 Å². The van der Waals surface area contributed by atoms with Gasteiger partial charge in [0.25, 0.3) is 5.56 Å². The SMILES string of the molecule is CN(C)CCN=Cc1c(O)n(CCC2=CCCCC2)c(=O)[nH]c1=O. The van der Waals surface area contributed by atoms with Crippen molar-refractivity contribution in [3.63, 3.8) is 0 Å². The zero-order chi connectivity index (χ0) is 17.5. The third-order valence-corrected chi connectivity index (χ3v) is 4.15. The lowest BCUT2D eigenvalue weighted by molar-refractivity contribution is 0.398. The molecular formula is C17H26N4O3. The molecule has 0 saturated carbocycles. The van der Waals surface area contributed by atoms with E-state index in [2.05, 4.69) is 16.1 Å². The van der Waals surface area contributed by atoms with Crippen LogP contribution in [0.5, 0.6) is 5.88 Å². The average molecular weight is 334 g/mol. The van der Waals surface area contributed by atoms with E-state index in [1.807, 2.05) is 19.0 Å². The van der Waals surface area contributed by atoms with E-state index in [9.17, 15) is 14.7 Å². The maximum absolute atomic E-state index is 12.0. The average Bonchev–Trinajstić information content (AvgIpc) is 2.54. The lowest BCUT2D eigenvalue weighted by Gasteiger charge is -2.14. The fraction of sp³-hybridized carbons (Fsp3) is 0.588. The van der Waals surface area contributed by atoms with Crippen molar-refractivity contribution in [2.45, 2.75) is 38.6 Å². The van der Waals surface area contributed by atoms with Crippen LogP contribution in [0.25, 0.3) is 0 Å². The van der Waals surface area contributed by atoms with Crippen LogP contribution in [0.15, 0.2) is 26.2 Å². The molecule has 1 aromatic rings. The standard InChI is InChI=1S/C17H26N4O3/c1-20(2)11-9-18-12-14-15(22)19-17(24)21(16(14)23)10-8-13-6-4-3-5-7-13/h6,12,23H,3-5,7-11H2,1-2H3,(H,19,22,24). The molecule has 0 saturated heterocycles. The second-order valence-corrected chi connectivity index (χ2v) is 6.34. The number of nitrogens with one attached hydrogen (secondary N) is 1. The number of hydrogen-bond acceptors (Lipinski definition) is 5. The second-order valence-electron chi connectivity index (χ2n) is 6.34. The van der Waals surface area contributed by atoms with E-state index in [4.69, 9.17) is 0 Å². The number of likely N-dealkylation sites (N-methyl/N-ethyl adjacent to an activating group) is 1. The maximum atomic E-state index is 12.0. The minimum atomic E-state index is -0.612. The van der Waals surface area contributed by atoms with E-state index >= 15 is 0 Å². The van der Waals surface area contributed by atoms with Crippen molar-refractivity contribution in [1.82, 2.24) is 14.5 Å². The maximum Gasteiger partial charge on any atom is 0.331 e. The van der Waals surface area contributed by atoms with Gasteiger partial charge in [0.05, 0.1) is 6.54 Å². The van der Waals surface area contributed by atoms with E-state index in [0.717, 1.165) is 19.4 Å². The monoisotopic (exact) mass is 334 g/mol. The first-order valence-electron chi connectivity index (χ1n) is 8.37. The van der Waals surface area contributed by atoms with Crippen LogP contribution in [0.4, 0.5) is 0 Å². The lowest BCUT2D eigenvalue weighted by atomic mass is 9.97. The molecule has 0 unspecified atom stereocenters. The number of hydrogen-bond donors (Lipinski definition) is 2. The third-order valence-electron chi connectivity index (χ3n) is 4.15. The molecule has 132 valence electrons. The number of allylic oxidation sites excluding steroid dienone is 2. The fourth-order valence-corrected chi connectivity index (χ4v) is 2.70. The number of aliphatic imine (C=N–C) groups is 1. The Morgan fingerprint density at radius 3 is 2.83 bits per heavy atom. The summed E-state index contributed by atoms with van der Waals surface area (Å²) >= 11 is 0. The molecule has 0 amide bonds. The summed E-state index contributed by atoms with van der Waals surface area (Å²) in [5, 5.41) is 10.3. The van der Waals surface area contributed by atoms with Crippen LogP contribution in [0.2, 0.25) is 0 Å². The molecule has 1 aliphatic carbocycles. The van der Waals surface area contributed by atoms with Gasteiger partial charge in [0.15, 0.2) is 0 Å². The molecule has 2 rings (SSSR count). The molecule has 7 heteroatoms.